The smallest absolute Gasteiger partial charge is 0.316 e. The Labute approximate surface area is 103 Å². The van der Waals surface area contributed by atoms with Crippen LogP contribution < -0.4 is 0 Å². The predicted octanol–water partition coefficient (Wildman–Crippen LogP) is 2.21. The van der Waals surface area contributed by atoms with Gasteiger partial charge in [-0.25, -0.2) is 0 Å². The van der Waals surface area contributed by atoms with Crippen molar-refractivity contribution in [1.29, 1.82) is 0 Å². The van der Waals surface area contributed by atoms with Crippen LogP contribution in [0.15, 0.2) is 30.3 Å². The number of hydrogen-bond donors (Lipinski definition) is 1. The number of carboxylic acid groups (broad SMARTS) is 1. The molecule has 2 unspecified atom stereocenters. The zero-order chi connectivity index (χ0) is 12.8. The SMILES string of the molecule is CC(SC(C[N+](=O)[O-])c1ccccc1)C(=O)O. The number of rotatable bonds is 6. The molecule has 92 valence electrons. The van der Waals surface area contributed by atoms with E-state index in [2.05, 4.69) is 0 Å². The van der Waals surface area contributed by atoms with E-state index in [1.54, 1.807) is 24.3 Å². The fourth-order valence-electron chi connectivity index (χ4n) is 1.33. The Balaban J connectivity index is 2.81. The highest BCUT2D eigenvalue weighted by molar-refractivity contribution is 8.00. The molecule has 0 heterocycles. The van der Waals surface area contributed by atoms with Gasteiger partial charge < -0.3 is 5.11 Å². The summed E-state index contributed by atoms with van der Waals surface area (Å²) in [4.78, 5) is 20.9. The third kappa shape index (κ3) is 4.44. The van der Waals surface area contributed by atoms with Crippen LogP contribution in [-0.2, 0) is 4.79 Å². The molecule has 0 saturated carbocycles. The zero-order valence-corrected chi connectivity index (χ0v) is 10.1. The van der Waals surface area contributed by atoms with Gasteiger partial charge in [-0.15, -0.1) is 11.8 Å². The first kappa shape index (κ1) is 13.5. The van der Waals surface area contributed by atoms with Crippen molar-refractivity contribution in [3.63, 3.8) is 0 Å². The molecule has 17 heavy (non-hydrogen) atoms. The second kappa shape index (κ2) is 6.24. The number of nitrogens with zero attached hydrogens (tertiary/aromatic N) is 1. The maximum atomic E-state index is 10.8. The second-order valence-corrected chi connectivity index (χ2v) is 5.08. The zero-order valence-electron chi connectivity index (χ0n) is 9.28. The van der Waals surface area contributed by atoms with Crippen LogP contribution in [0.25, 0.3) is 0 Å². The molecule has 1 N–H and O–H groups in total. The van der Waals surface area contributed by atoms with E-state index in [-0.39, 0.29) is 6.54 Å². The van der Waals surface area contributed by atoms with Crippen molar-refractivity contribution in [2.24, 2.45) is 0 Å². The first-order valence-electron chi connectivity index (χ1n) is 5.05. The Bertz CT molecular complexity index is 396. The van der Waals surface area contributed by atoms with E-state index < -0.39 is 21.4 Å². The molecular weight excluding hydrogens is 242 g/mol. The first-order valence-corrected chi connectivity index (χ1v) is 6.00. The van der Waals surface area contributed by atoms with E-state index in [1.165, 1.54) is 6.92 Å². The summed E-state index contributed by atoms with van der Waals surface area (Å²) in [6.45, 7) is 1.26. The number of aliphatic carboxylic acids is 1. The first-order chi connectivity index (χ1) is 8.00. The molecule has 0 aliphatic heterocycles. The molecule has 2 atom stereocenters. The lowest BCUT2D eigenvalue weighted by Crippen LogP contribution is -2.18. The van der Waals surface area contributed by atoms with Crippen LogP contribution in [-0.4, -0.2) is 27.8 Å². The van der Waals surface area contributed by atoms with Gasteiger partial charge in [-0.3, -0.25) is 14.9 Å². The molecule has 0 saturated heterocycles. The number of hydrogen-bond acceptors (Lipinski definition) is 4. The van der Waals surface area contributed by atoms with Crippen molar-refractivity contribution >= 4 is 17.7 Å². The van der Waals surface area contributed by atoms with E-state index in [4.69, 9.17) is 5.11 Å². The van der Waals surface area contributed by atoms with E-state index in [0.717, 1.165) is 17.3 Å². The average molecular weight is 255 g/mol. The van der Waals surface area contributed by atoms with Crippen molar-refractivity contribution in [1.82, 2.24) is 0 Å². The van der Waals surface area contributed by atoms with Crippen LogP contribution in [0, 0.1) is 10.1 Å². The Morgan fingerprint density at radius 3 is 2.53 bits per heavy atom. The highest BCUT2D eigenvalue weighted by Crippen LogP contribution is 2.32. The van der Waals surface area contributed by atoms with Gasteiger partial charge in [0, 0.05) is 4.92 Å². The summed E-state index contributed by atoms with van der Waals surface area (Å²) < 4.78 is 0. The van der Waals surface area contributed by atoms with Gasteiger partial charge in [-0.2, -0.15) is 0 Å². The van der Waals surface area contributed by atoms with Crippen LogP contribution in [0.3, 0.4) is 0 Å². The molecule has 1 aromatic rings. The Morgan fingerprint density at radius 2 is 2.06 bits per heavy atom. The van der Waals surface area contributed by atoms with Crippen molar-refractivity contribution in [2.45, 2.75) is 17.4 Å². The Kier molecular flexibility index (Phi) is 4.96. The van der Waals surface area contributed by atoms with E-state index in [1.807, 2.05) is 6.07 Å². The maximum absolute atomic E-state index is 10.8. The van der Waals surface area contributed by atoms with Crippen LogP contribution in [0.5, 0.6) is 0 Å². The molecule has 0 bridgehead atoms. The van der Waals surface area contributed by atoms with E-state index in [9.17, 15) is 14.9 Å². The van der Waals surface area contributed by atoms with E-state index in [0.29, 0.717) is 0 Å². The van der Waals surface area contributed by atoms with Gasteiger partial charge in [0.15, 0.2) is 0 Å². The van der Waals surface area contributed by atoms with Crippen LogP contribution in [0.1, 0.15) is 17.7 Å². The van der Waals surface area contributed by atoms with Gasteiger partial charge in [-0.05, 0) is 12.5 Å². The normalized spacial score (nSPS) is 13.9. The van der Waals surface area contributed by atoms with Crippen molar-refractivity contribution in [2.75, 3.05) is 6.54 Å². The van der Waals surface area contributed by atoms with Crippen molar-refractivity contribution in [3.8, 4) is 0 Å². The summed E-state index contributed by atoms with van der Waals surface area (Å²) in [7, 11) is 0. The van der Waals surface area contributed by atoms with Crippen molar-refractivity contribution in [3.05, 3.63) is 46.0 Å². The predicted molar refractivity (Wildman–Crippen MR) is 65.7 cm³/mol. The van der Waals surface area contributed by atoms with Crippen LogP contribution in [0.2, 0.25) is 0 Å². The fraction of sp³-hybridized carbons (Fsp3) is 0.364. The molecule has 0 radical (unpaired) electrons. The lowest BCUT2D eigenvalue weighted by molar-refractivity contribution is -0.479. The van der Waals surface area contributed by atoms with E-state index >= 15 is 0 Å². The molecule has 1 aromatic carbocycles. The average Bonchev–Trinajstić information content (AvgIpc) is 2.28. The minimum absolute atomic E-state index is 0.272. The Hall–Kier alpha value is -1.56. The van der Waals surface area contributed by atoms with Gasteiger partial charge >= 0.3 is 5.97 Å². The van der Waals surface area contributed by atoms with Crippen LogP contribution >= 0.6 is 11.8 Å². The van der Waals surface area contributed by atoms with Gasteiger partial charge in [0.1, 0.15) is 5.25 Å². The number of carbonyl (C=O) groups is 1. The summed E-state index contributed by atoms with van der Waals surface area (Å²) in [5.74, 6) is -0.959. The molecule has 0 spiro atoms. The molecule has 5 nitrogen and oxygen atoms in total. The topological polar surface area (TPSA) is 80.4 Å². The highest BCUT2D eigenvalue weighted by atomic mass is 32.2. The number of nitro groups is 1. The summed E-state index contributed by atoms with van der Waals surface area (Å²) >= 11 is 1.09. The summed E-state index contributed by atoms with van der Waals surface area (Å²) in [5, 5.41) is 18.3. The molecule has 0 aliphatic carbocycles. The highest BCUT2D eigenvalue weighted by Gasteiger charge is 2.24. The number of thioether (sulfide) groups is 1. The minimum Gasteiger partial charge on any atom is -0.480 e. The molecule has 0 fully saturated rings. The molecule has 0 aromatic heterocycles. The van der Waals surface area contributed by atoms with Gasteiger partial charge in [0.2, 0.25) is 6.54 Å². The van der Waals surface area contributed by atoms with Crippen LogP contribution in [0.4, 0.5) is 0 Å². The fourth-order valence-corrected chi connectivity index (χ4v) is 2.47. The molecular formula is C11H13NO4S. The lowest BCUT2D eigenvalue weighted by Gasteiger charge is -2.15. The summed E-state index contributed by atoms with van der Waals surface area (Å²) in [6.07, 6.45) is 0. The summed E-state index contributed by atoms with van der Waals surface area (Å²) in [5.41, 5.74) is 0.780. The van der Waals surface area contributed by atoms with Crippen molar-refractivity contribution < 1.29 is 14.8 Å². The monoisotopic (exact) mass is 255 g/mol. The van der Waals surface area contributed by atoms with Gasteiger partial charge in [0.25, 0.3) is 0 Å². The minimum atomic E-state index is -0.959. The Morgan fingerprint density at radius 1 is 1.47 bits per heavy atom. The molecule has 0 amide bonds. The molecule has 6 heteroatoms. The van der Waals surface area contributed by atoms with Gasteiger partial charge in [-0.1, -0.05) is 30.3 Å². The largest absolute Gasteiger partial charge is 0.480 e. The number of carboxylic acids is 1. The second-order valence-electron chi connectivity index (χ2n) is 3.53. The summed E-state index contributed by atoms with van der Waals surface area (Å²) in [6, 6.07) is 8.94. The third-order valence-corrected chi connectivity index (χ3v) is 3.56. The molecule has 0 aliphatic rings. The maximum Gasteiger partial charge on any atom is 0.316 e. The quantitative estimate of drug-likeness (QED) is 0.622. The number of benzene rings is 1. The molecule has 1 rings (SSSR count). The standard InChI is InChI=1S/C11H13NO4S/c1-8(11(13)14)17-10(7-12(15)16)9-5-3-2-4-6-9/h2-6,8,10H,7H2,1H3,(H,13,14). The third-order valence-electron chi connectivity index (χ3n) is 2.20. The lowest BCUT2D eigenvalue weighted by atomic mass is 10.1. The van der Waals surface area contributed by atoms with Gasteiger partial charge in [0.05, 0.1) is 5.25 Å².